The fourth-order valence-electron chi connectivity index (χ4n) is 3.07. The van der Waals surface area contributed by atoms with E-state index in [2.05, 4.69) is 10.0 Å². The zero-order valence-electron chi connectivity index (χ0n) is 17.4. The Kier molecular flexibility index (Phi) is 7.02. The zero-order valence-corrected chi connectivity index (χ0v) is 18.2. The molecule has 0 spiro atoms. The lowest BCUT2D eigenvalue weighted by Crippen LogP contribution is -2.40. The summed E-state index contributed by atoms with van der Waals surface area (Å²) < 4.78 is 40.8. The first kappa shape index (κ1) is 22.8. The molecule has 0 heterocycles. The van der Waals surface area contributed by atoms with Crippen LogP contribution in [0.25, 0.3) is 0 Å². The van der Waals surface area contributed by atoms with Crippen molar-refractivity contribution in [1.82, 2.24) is 10.2 Å². The van der Waals surface area contributed by atoms with Crippen LogP contribution in [-0.4, -0.2) is 46.4 Å². The molecular weight excluding hydrogens is 393 g/mol. The third kappa shape index (κ3) is 6.54. The molecule has 2 N–H and O–H groups in total. The topological polar surface area (TPSA) is 78.5 Å². The molecule has 0 aromatic heterocycles. The van der Waals surface area contributed by atoms with E-state index in [9.17, 15) is 17.6 Å². The summed E-state index contributed by atoms with van der Waals surface area (Å²) in [4.78, 5) is 14.7. The summed E-state index contributed by atoms with van der Waals surface area (Å²) in [5.41, 5.74) is 1.07. The average molecular weight is 422 g/mol. The molecule has 8 heteroatoms. The molecule has 2 aromatic carbocycles. The van der Waals surface area contributed by atoms with Crippen molar-refractivity contribution in [3.05, 3.63) is 59.4 Å². The first-order valence-corrected chi connectivity index (χ1v) is 10.7. The van der Waals surface area contributed by atoms with Gasteiger partial charge in [-0.15, -0.1) is 0 Å². The minimum atomic E-state index is -3.92. The van der Waals surface area contributed by atoms with Gasteiger partial charge in [-0.1, -0.05) is 19.9 Å². The number of benzene rings is 2. The molecule has 0 aliphatic rings. The van der Waals surface area contributed by atoms with Crippen LogP contribution in [0.2, 0.25) is 0 Å². The smallest absolute Gasteiger partial charge is 0.261 e. The lowest BCUT2D eigenvalue weighted by atomic mass is 9.92. The normalized spacial score (nSPS) is 12.1. The first-order valence-electron chi connectivity index (χ1n) is 9.22. The molecule has 1 amide bonds. The number of aryl methyl sites for hydroxylation is 1. The van der Waals surface area contributed by atoms with Crippen LogP contribution < -0.4 is 10.0 Å². The Bertz CT molecular complexity index is 971. The zero-order chi connectivity index (χ0) is 21.8. The second kappa shape index (κ2) is 8.92. The van der Waals surface area contributed by atoms with Gasteiger partial charge < -0.3 is 10.2 Å². The van der Waals surface area contributed by atoms with Crippen molar-refractivity contribution >= 4 is 21.6 Å². The Morgan fingerprint density at radius 1 is 1.10 bits per heavy atom. The number of halogens is 1. The number of nitrogens with one attached hydrogen (secondary N) is 2. The van der Waals surface area contributed by atoms with Crippen LogP contribution in [0.5, 0.6) is 0 Å². The Hall–Kier alpha value is -2.45. The second-order valence-electron chi connectivity index (χ2n) is 8.17. The summed E-state index contributed by atoms with van der Waals surface area (Å²) >= 11 is 0. The van der Waals surface area contributed by atoms with E-state index in [1.165, 1.54) is 36.4 Å². The quantitative estimate of drug-likeness (QED) is 0.686. The molecule has 29 heavy (non-hydrogen) atoms. The van der Waals surface area contributed by atoms with E-state index in [0.29, 0.717) is 17.7 Å². The molecular formula is C21H28FN3O3S. The van der Waals surface area contributed by atoms with Crippen LogP contribution in [-0.2, 0) is 10.0 Å². The SMILES string of the molecule is Cc1ccc(S(=O)(=O)Nc2ccc(F)cc2)cc1C(=O)NCC(C)(C)CN(C)C. The molecule has 0 saturated heterocycles. The van der Waals surface area contributed by atoms with E-state index in [4.69, 9.17) is 0 Å². The maximum atomic E-state index is 13.0. The van der Waals surface area contributed by atoms with Gasteiger partial charge in [0.2, 0.25) is 0 Å². The summed E-state index contributed by atoms with van der Waals surface area (Å²) in [5, 5.41) is 2.90. The van der Waals surface area contributed by atoms with Gasteiger partial charge in [0.25, 0.3) is 15.9 Å². The molecule has 2 aromatic rings. The van der Waals surface area contributed by atoms with Crippen LogP contribution in [0.4, 0.5) is 10.1 Å². The molecule has 0 bridgehead atoms. The molecule has 0 saturated carbocycles. The third-order valence-electron chi connectivity index (χ3n) is 4.33. The minimum absolute atomic E-state index is 0.0369. The third-order valence-corrected chi connectivity index (χ3v) is 5.71. The first-order chi connectivity index (χ1) is 13.4. The van der Waals surface area contributed by atoms with E-state index in [1.807, 2.05) is 32.8 Å². The van der Waals surface area contributed by atoms with Gasteiger partial charge in [0.05, 0.1) is 4.90 Å². The number of anilines is 1. The van der Waals surface area contributed by atoms with Gasteiger partial charge in [0.15, 0.2) is 0 Å². The predicted octanol–water partition coefficient (Wildman–Crippen LogP) is 3.25. The van der Waals surface area contributed by atoms with Crippen LogP contribution in [0, 0.1) is 18.2 Å². The average Bonchev–Trinajstić information content (AvgIpc) is 2.60. The van der Waals surface area contributed by atoms with Crippen molar-refractivity contribution in [2.75, 3.05) is 31.9 Å². The van der Waals surface area contributed by atoms with Gasteiger partial charge in [-0.2, -0.15) is 0 Å². The maximum Gasteiger partial charge on any atom is 0.261 e. The number of rotatable bonds is 8. The van der Waals surface area contributed by atoms with Gasteiger partial charge in [0, 0.05) is 24.3 Å². The van der Waals surface area contributed by atoms with Crippen molar-refractivity contribution < 1.29 is 17.6 Å². The van der Waals surface area contributed by atoms with Crippen LogP contribution >= 0.6 is 0 Å². The molecule has 0 radical (unpaired) electrons. The van der Waals surface area contributed by atoms with Gasteiger partial charge in [-0.3, -0.25) is 9.52 Å². The number of hydrogen-bond acceptors (Lipinski definition) is 4. The summed E-state index contributed by atoms with van der Waals surface area (Å²) in [5.74, 6) is -0.785. The number of carbonyl (C=O) groups is 1. The van der Waals surface area contributed by atoms with Crippen LogP contribution in [0.1, 0.15) is 29.8 Å². The van der Waals surface area contributed by atoms with E-state index in [1.54, 1.807) is 13.0 Å². The molecule has 0 unspecified atom stereocenters. The highest BCUT2D eigenvalue weighted by molar-refractivity contribution is 7.92. The Labute approximate surface area is 172 Å². The highest BCUT2D eigenvalue weighted by Crippen LogP contribution is 2.20. The molecule has 2 rings (SSSR count). The maximum absolute atomic E-state index is 13.0. The van der Waals surface area contributed by atoms with Gasteiger partial charge in [0.1, 0.15) is 5.82 Å². The van der Waals surface area contributed by atoms with E-state index >= 15 is 0 Å². The molecule has 158 valence electrons. The summed E-state index contributed by atoms with van der Waals surface area (Å²) in [7, 11) is 0.0195. The van der Waals surface area contributed by atoms with Gasteiger partial charge in [-0.05, 0) is 68.4 Å². The van der Waals surface area contributed by atoms with Gasteiger partial charge in [-0.25, -0.2) is 12.8 Å². The lowest BCUT2D eigenvalue weighted by Gasteiger charge is -2.28. The number of hydrogen-bond donors (Lipinski definition) is 2. The van der Waals surface area contributed by atoms with Crippen LogP contribution in [0.3, 0.4) is 0 Å². The second-order valence-corrected chi connectivity index (χ2v) is 9.86. The van der Waals surface area contributed by atoms with Crippen LogP contribution in [0.15, 0.2) is 47.4 Å². The number of nitrogens with zero attached hydrogens (tertiary/aromatic N) is 1. The standard InChI is InChI=1S/C21H28FN3O3S/c1-15-6-11-18(29(27,28)24-17-9-7-16(22)8-10-17)12-19(15)20(26)23-13-21(2,3)14-25(4)5/h6-12,24H,13-14H2,1-5H3,(H,23,26). The van der Waals surface area contributed by atoms with Crippen molar-refractivity contribution in [2.45, 2.75) is 25.7 Å². The Morgan fingerprint density at radius 3 is 2.31 bits per heavy atom. The van der Waals surface area contributed by atoms with Crippen molar-refractivity contribution in [2.24, 2.45) is 5.41 Å². The van der Waals surface area contributed by atoms with E-state index in [-0.39, 0.29) is 21.9 Å². The Balaban J connectivity index is 2.20. The summed E-state index contributed by atoms with van der Waals surface area (Å²) in [6, 6.07) is 9.40. The number of amides is 1. The minimum Gasteiger partial charge on any atom is -0.351 e. The lowest BCUT2D eigenvalue weighted by molar-refractivity contribution is 0.0928. The van der Waals surface area contributed by atoms with E-state index in [0.717, 1.165) is 6.54 Å². The fraction of sp³-hybridized carbons (Fsp3) is 0.381. The monoisotopic (exact) mass is 421 g/mol. The highest BCUT2D eigenvalue weighted by atomic mass is 32.2. The summed E-state index contributed by atoms with van der Waals surface area (Å²) in [6.45, 7) is 7.10. The predicted molar refractivity (Wildman–Crippen MR) is 113 cm³/mol. The highest BCUT2D eigenvalue weighted by Gasteiger charge is 2.22. The van der Waals surface area contributed by atoms with Crippen molar-refractivity contribution in [3.63, 3.8) is 0 Å². The number of carbonyl (C=O) groups excluding carboxylic acids is 1. The largest absolute Gasteiger partial charge is 0.351 e. The molecule has 0 aliphatic carbocycles. The molecule has 0 atom stereocenters. The van der Waals surface area contributed by atoms with E-state index < -0.39 is 15.8 Å². The molecule has 0 fully saturated rings. The fourth-order valence-corrected chi connectivity index (χ4v) is 4.16. The molecule has 0 aliphatic heterocycles. The van der Waals surface area contributed by atoms with Gasteiger partial charge >= 0.3 is 0 Å². The van der Waals surface area contributed by atoms with Crippen molar-refractivity contribution in [1.29, 1.82) is 0 Å². The Morgan fingerprint density at radius 2 is 1.72 bits per heavy atom. The summed E-state index contributed by atoms with van der Waals surface area (Å²) in [6.07, 6.45) is 0. The molecule has 6 nitrogen and oxygen atoms in total. The number of sulfonamides is 1. The van der Waals surface area contributed by atoms with Crippen molar-refractivity contribution in [3.8, 4) is 0 Å².